The molecule has 0 fully saturated rings. The van der Waals surface area contributed by atoms with E-state index in [9.17, 15) is 0 Å². The number of nitrogens with one attached hydrogen (secondary N) is 2. The van der Waals surface area contributed by atoms with Crippen LogP contribution in [0.5, 0.6) is 0 Å². The maximum Gasteiger partial charge on any atom is 0.279 e. The molecule has 1 aliphatic heterocycles. The van der Waals surface area contributed by atoms with E-state index in [1.807, 2.05) is 26.0 Å². The summed E-state index contributed by atoms with van der Waals surface area (Å²) in [6, 6.07) is 6.06. The topological polar surface area (TPSA) is 54.3 Å². The van der Waals surface area contributed by atoms with Crippen LogP contribution in [-0.4, -0.2) is 19.0 Å². The summed E-state index contributed by atoms with van der Waals surface area (Å²) in [6.07, 6.45) is 0. The van der Waals surface area contributed by atoms with Gasteiger partial charge in [0, 0.05) is 24.3 Å². The third kappa shape index (κ3) is 2.34. The second kappa shape index (κ2) is 5.19. The molecule has 1 aliphatic rings. The van der Waals surface area contributed by atoms with E-state index in [0.717, 1.165) is 16.7 Å². The van der Waals surface area contributed by atoms with Crippen LogP contribution in [0.1, 0.15) is 51.3 Å². The molecular formula is C16H24N2O2. The highest BCUT2D eigenvalue weighted by Crippen LogP contribution is 2.38. The molecule has 4 heteroatoms. The molecule has 1 aromatic carbocycles. The summed E-state index contributed by atoms with van der Waals surface area (Å²) in [6.45, 7) is 11.3. The second-order valence-corrected chi connectivity index (χ2v) is 5.96. The normalized spacial score (nSPS) is 16.9. The van der Waals surface area contributed by atoms with E-state index in [2.05, 4.69) is 32.2 Å². The Morgan fingerprint density at radius 2 is 1.75 bits per heavy atom. The summed E-state index contributed by atoms with van der Waals surface area (Å²) in [4.78, 5) is 0. The van der Waals surface area contributed by atoms with Crippen LogP contribution in [0.2, 0.25) is 0 Å². The number of fused-ring (bicyclic) bond motifs is 1. The maximum absolute atomic E-state index is 8.29. The highest BCUT2D eigenvalue weighted by Gasteiger charge is 2.45. The first-order valence-corrected chi connectivity index (χ1v) is 7.14. The lowest BCUT2D eigenvalue weighted by Gasteiger charge is -2.30. The molecule has 20 heavy (non-hydrogen) atoms. The van der Waals surface area contributed by atoms with E-state index in [-0.39, 0.29) is 5.41 Å². The fourth-order valence-corrected chi connectivity index (χ4v) is 2.69. The van der Waals surface area contributed by atoms with Gasteiger partial charge in [-0.15, -0.1) is 0 Å². The summed E-state index contributed by atoms with van der Waals surface area (Å²) in [7, 11) is 0. The van der Waals surface area contributed by atoms with Crippen molar-refractivity contribution in [3.8, 4) is 0 Å². The van der Waals surface area contributed by atoms with Crippen molar-refractivity contribution < 1.29 is 9.47 Å². The Kier molecular flexibility index (Phi) is 3.89. The van der Waals surface area contributed by atoms with Crippen molar-refractivity contribution in [1.29, 1.82) is 5.41 Å². The number of ether oxygens (including phenoxy) is 2. The molecule has 110 valence electrons. The third-order valence-corrected chi connectivity index (χ3v) is 3.46. The maximum atomic E-state index is 8.29. The van der Waals surface area contributed by atoms with Gasteiger partial charge in [-0.25, -0.2) is 0 Å². The van der Waals surface area contributed by atoms with E-state index in [1.165, 1.54) is 0 Å². The van der Waals surface area contributed by atoms with Gasteiger partial charge < -0.3 is 14.8 Å². The van der Waals surface area contributed by atoms with Crippen LogP contribution in [0, 0.1) is 5.41 Å². The van der Waals surface area contributed by atoms with Gasteiger partial charge in [-0.1, -0.05) is 39.0 Å². The van der Waals surface area contributed by atoms with Crippen LogP contribution < -0.4 is 5.32 Å². The Labute approximate surface area is 121 Å². The molecule has 0 saturated carbocycles. The van der Waals surface area contributed by atoms with E-state index in [0.29, 0.717) is 19.0 Å². The van der Waals surface area contributed by atoms with E-state index >= 15 is 0 Å². The lowest BCUT2D eigenvalue weighted by molar-refractivity contribution is -0.249. The first-order valence-electron chi connectivity index (χ1n) is 7.14. The molecule has 0 atom stereocenters. The van der Waals surface area contributed by atoms with Gasteiger partial charge in [-0.05, 0) is 24.8 Å². The molecule has 2 N–H and O–H groups in total. The zero-order chi connectivity index (χ0) is 15.0. The summed E-state index contributed by atoms with van der Waals surface area (Å²) < 4.78 is 11.6. The van der Waals surface area contributed by atoms with Crippen molar-refractivity contribution in [2.75, 3.05) is 13.2 Å². The van der Waals surface area contributed by atoms with Crippen LogP contribution >= 0.6 is 0 Å². The Balaban J connectivity index is 2.62. The van der Waals surface area contributed by atoms with Crippen molar-refractivity contribution in [3.05, 3.63) is 34.9 Å². The van der Waals surface area contributed by atoms with Gasteiger partial charge in [0.15, 0.2) is 0 Å². The Morgan fingerprint density at radius 3 is 2.25 bits per heavy atom. The standard InChI is InChI=1S/C16H24N2O2/c1-6-19-16(20-7-2)12-10-8-9-11(15(3,4)5)13(12)14(17)18-16/h8-10H,6-7H2,1-5H3,(H2,17,18). The van der Waals surface area contributed by atoms with Gasteiger partial charge in [-0.3, -0.25) is 5.41 Å². The van der Waals surface area contributed by atoms with Crippen LogP contribution in [0.15, 0.2) is 18.2 Å². The van der Waals surface area contributed by atoms with E-state index in [4.69, 9.17) is 14.9 Å². The van der Waals surface area contributed by atoms with Crippen molar-refractivity contribution in [1.82, 2.24) is 5.32 Å². The van der Waals surface area contributed by atoms with Crippen LogP contribution in [0.25, 0.3) is 0 Å². The van der Waals surface area contributed by atoms with Gasteiger partial charge in [0.25, 0.3) is 5.91 Å². The van der Waals surface area contributed by atoms with Crippen LogP contribution in [0.3, 0.4) is 0 Å². The molecular weight excluding hydrogens is 252 g/mol. The molecule has 0 unspecified atom stereocenters. The number of rotatable bonds is 4. The Bertz CT molecular complexity index is 512. The molecule has 1 aromatic rings. The fraction of sp³-hybridized carbons (Fsp3) is 0.562. The van der Waals surface area contributed by atoms with Crippen LogP contribution in [-0.2, 0) is 20.8 Å². The third-order valence-electron chi connectivity index (χ3n) is 3.46. The predicted molar refractivity (Wildman–Crippen MR) is 80.0 cm³/mol. The quantitative estimate of drug-likeness (QED) is 0.831. The second-order valence-electron chi connectivity index (χ2n) is 5.96. The van der Waals surface area contributed by atoms with E-state index in [1.54, 1.807) is 0 Å². The summed E-state index contributed by atoms with van der Waals surface area (Å²) in [5.74, 6) is -0.649. The fourth-order valence-electron chi connectivity index (χ4n) is 2.69. The molecule has 0 saturated heterocycles. The Hall–Kier alpha value is -1.39. The van der Waals surface area contributed by atoms with Crippen LogP contribution in [0.4, 0.5) is 0 Å². The van der Waals surface area contributed by atoms with Crippen molar-refractivity contribution in [2.45, 2.75) is 45.9 Å². The summed E-state index contributed by atoms with van der Waals surface area (Å²) in [5.41, 5.74) is 2.91. The highest BCUT2D eigenvalue weighted by atomic mass is 16.7. The molecule has 0 amide bonds. The average molecular weight is 276 g/mol. The highest BCUT2D eigenvalue weighted by molar-refractivity contribution is 6.03. The molecule has 0 bridgehead atoms. The molecule has 4 nitrogen and oxygen atoms in total. The van der Waals surface area contributed by atoms with E-state index < -0.39 is 5.91 Å². The molecule has 2 rings (SSSR count). The number of amidine groups is 1. The molecule has 0 aromatic heterocycles. The lowest BCUT2D eigenvalue weighted by atomic mass is 9.82. The molecule has 0 aliphatic carbocycles. The SMILES string of the molecule is CCOC1(OCC)NC(=N)c2c(C(C)(C)C)cccc21. The summed E-state index contributed by atoms with van der Waals surface area (Å²) >= 11 is 0. The minimum atomic E-state index is -1.02. The first kappa shape index (κ1) is 15.0. The minimum absolute atomic E-state index is 0.0339. The number of benzene rings is 1. The zero-order valence-corrected chi connectivity index (χ0v) is 13.0. The molecule has 0 spiro atoms. The predicted octanol–water partition coefficient (Wildman–Crippen LogP) is 3.10. The minimum Gasteiger partial charge on any atom is -0.329 e. The van der Waals surface area contributed by atoms with Gasteiger partial charge in [0.05, 0.1) is 0 Å². The number of hydrogen-bond acceptors (Lipinski definition) is 3. The van der Waals surface area contributed by atoms with Gasteiger partial charge in [-0.2, -0.15) is 0 Å². The van der Waals surface area contributed by atoms with Gasteiger partial charge in [0.1, 0.15) is 5.84 Å². The largest absolute Gasteiger partial charge is 0.329 e. The smallest absolute Gasteiger partial charge is 0.279 e. The van der Waals surface area contributed by atoms with Crippen molar-refractivity contribution in [2.24, 2.45) is 0 Å². The monoisotopic (exact) mass is 276 g/mol. The summed E-state index contributed by atoms with van der Waals surface area (Å²) in [5, 5.41) is 11.4. The Morgan fingerprint density at radius 1 is 1.15 bits per heavy atom. The number of hydrogen-bond donors (Lipinski definition) is 2. The molecule has 1 heterocycles. The average Bonchev–Trinajstić information content (AvgIpc) is 2.63. The van der Waals surface area contributed by atoms with Crippen molar-refractivity contribution in [3.63, 3.8) is 0 Å². The van der Waals surface area contributed by atoms with Gasteiger partial charge >= 0.3 is 0 Å². The van der Waals surface area contributed by atoms with Gasteiger partial charge in [0.2, 0.25) is 0 Å². The van der Waals surface area contributed by atoms with Crippen molar-refractivity contribution >= 4 is 5.84 Å². The molecule has 0 radical (unpaired) electrons. The first-order chi connectivity index (χ1) is 9.35. The zero-order valence-electron chi connectivity index (χ0n) is 13.0. The lowest BCUT2D eigenvalue weighted by Crippen LogP contribution is -2.44.